The second kappa shape index (κ2) is 8.09. The fraction of sp³-hybridized carbons (Fsp3) is 0.118. The third-order valence-corrected chi connectivity index (χ3v) is 4.51. The van der Waals surface area contributed by atoms with Crippen LogP contribution in [0.25, 0.3) is 0 Å². The molecule has 0 aliphatic rings. The smallest absolute Gasteiger partial charge is 0.308 e. The molecule has 0 unspecified atom stereocenters. The highest BCUT2D eigenvalue weighted by atomic mass is 79.9. The van der Waals surface area contributed by atoms with Crippen molar-refractivity contribution in [3.8, 4) is 5.75 Å². The molecule has 0 saturated carbocycles. The van der Waals surface area contributed by atoms with Crippen molar-refractivity contribution in [1.29, 1.82) is 0 Å². The van der Waals surface area contributed by atoms with E-state index in [1.807, 2.05) is 36.4 Å². The summed E-state index contributed by atoms with van der Waals surface area (Å²) < 4.78 is 6.67. The van der Waals surface area contributed by atoms with Crippen LogP contribution in [0.2, 0.25) is 0 Å². The van der Waals surface area contributed by atoms with Crippen molar-refractivity contribution >= 4 is 44.2 Å². The minimum atomic E-state index is -0.885. The topological polar surface area (TPSA) is 84.3 Å². The highest BCUT2D eigenvalue weighted by Crippen LogP contribution is 2.30. The van der Waals surface area contributed by atoms with Crippen molar-refractivity contribution in [3.05, 3.63) is 63.7 Å². The number of rotatable bonds is 7. The second-order valence-corrected chi connectivity index (χ2v) is 7.13. The maximum Gasteiger partial charge on any atom is 0.308 e. The molecule has 128 valence electrons. The predicted molar refractivity (Wildman–Crippen MR) is 99.4 cm³/mol. The maximum atomic E-state index is 10.8. The molecule has 0 amide bonds. The third-order valence-electron chi connectivity index (χ3n) is 3.16. The van der Waals surface area contributed by atoms with Crippen LogP contribution in [0.5, 0.6) is 5.75 Å². The highest BCUT2D eigenvalue weighted by molar-refractivity contribution is 9.10. The first-order valence-electron chi connectivity index (χ1n) is 7.36. The van der Waals surface area contributed by atoms with Crippen molar-refractivity contribution in [2.75, 3.05) is 5.32 Å². The molecule has 0 aliphatic carbocycles. The van der Waals surface area contributed by atoms with E-state index in [4.69, 9.17) is 9.84 Å². The van der Waals surface area contributed by atoms with Crippen LogP contribution in [0.1, 0.15) is 10.4 Å². The van der Waals surface area contributed by atoms with E-state index in [9.17, 15) is 4.79 Å². The molecule has 0 fully saturated rings. The van der Waals surface area contributed by atoms with E-state index in [1.165, 1.54) is 11.3 Å². The predicted octanol–water partition coefficient (Wildman–Crippen LogP) is 4.25. The molecule has 0 saturated heterocycles. The van der Waals surface area contributed by atoms with Gasteiger partial charge in [-0.3, -0.25) is 4.79 Å². The van der Waals surface area contributed by atoms with E-state index in [2.05, 4.69) is 31.2 Å². The number of ether oxygens (including phenoxy) is 1. The SMILES string of the molecule is O=C(O)Cc1cnc(Nc2ncc(Br)cc2OCc2ccccc2)s1. The van der Waals surface area contributed by atoms with Gasteiger partial charge in [0.15, 0.2) is 16.7 Å². The number of aliphatic carboxylic acids is 1. The number of hydrogen-bond donors (Lipinski definition) is 2. The lowest BCUT2D eigenvalue weighted by Gasteiger charge is -2.11. The van der Waals surface area contributed by atoms with Gasteiger partial charge in [-0.15, -0.1) is 11.3 Å². The van der Waals surface area contributed by atoms with Gasteiger partial charge in [-0.1, -0.05) is 30.3 Å². The summed E-state index contributed by atoms with van der Waals surface area (Å²) in [6.45, 7) is 0.412. The Bertz CT molecular complexity index is 871. The van der Waals surface area contributed by atoms with Gasteiger partial charge in [0.1, 0.15) is 6.61 Å². The average molecular weight is 420 g/mol. The number of carboxylic acid groups (broad SMARTS) is 1. The summed E-state index contributed by atoms with van der Waals surface area (Å²) in [5.74, 6) is 0.215. The molecule has 3 rings (SSSR count). The minimum absolute atomic E-state index is 0.0511. The Morgan fingerprint density at radius 1 is 1.24 bits per heavy atom. The van der Waals surface area contributed by atoms with Gasteiger partial charge in [-0.2, -0.15) is 0 Å². The highest BCUT2D eigenvalue weighted by Gasteiger charge is 2.11. The van der Waals surface area contributed by atoms with E-state index in [-0.39, 0.29) is 6.42 Å². The number of aromatic nitrogens is 2. The molecule has 25 heavy (non-hydrogen) atoms. The van der Waals surface area contributed by atoms with Crippen LogP contribution in [0.15, 0.2) is 53.3 Å². The van der Waals surface area contributed by atoms with E-state index < -0.39 is 5.97 Å². The fourth-order valence-electron chi connectivity index (χ4n) is 2.06. The number of nitrogens with one attached hydrogen (secondary N) is 1. The minimum Gasteiger partial charge on any atom is -0.485 e. The Kier molecular flexibility index (Phi) is 5.62. The lowest BCUT2D eigenvalue weighted by Crippen LogP contribution is -2.01. The number of thiazole rings is 1. The Labute approximate surface area is 156 Å². The summed E-state index contributed by atoms with van der Waals surface area (Å²) in [6.07, 6.45) is 3.15. The number of nitrogens with zero attached hydrogens (tertiary/aromatic N) is 2. The fourth-order valence-corrected chi connectivity index (χ4v) is 3.17. The van der Waals surface area contributed by atoms with Gasteiger partial charge in [0.05, 0.1) is 6.42 Å². The molecule has 0 bridgehead atoms. The van der Waals surface area contributed by atoms with E-state index >= 15 is 0 Å². The molecule has 1 aromatic carbocycles. The van der Waals surface area contributed by atoms with Gasteiger partial charge in [0, 0.05) is 21.7 Å². The summed E-state index contributed by atoms with van der Waals surface area (Å²) in [5.41, 5.74) is 1.05. The van der Waals surface area contributed by atoms with Gasteiger partial charge in [-0.05, 0) is 27.6 Å². The summed E-state index contributed by atoms with van der Waals surface area (Å²) in [7, 11) is 0. The molecule has 0 atom stereocenters. The first kappa shape index (κ1) is 17.4. The van der Waals surface area contributed by atoms with Gasteiger partial charge in [-0.25, -0.2) is 9.97 Å². The van der Waals surface area contributed by atoms with Crippen molar-refractivity contribution < 1.29 is 14.6 Å². The molecule has 2 heterocycles. The zero-order valence-corrected chi connectivity index (χ0v) is 15.4. The zero-order chi connectivity index (χ0) is 17.6. The van der Waals surface area contributed by atoms with Crippen LogP contribution in [-0.2, 0) is 17.8 Å². The normalized spacial score (nSPS) is 10.4. The van der Waals surface area contributed by atoms with Crippen molar-refractivity contribution in [2.24, 2.45) is 0 Å². The lowest BCUT2D eigenvalue weighted by atomic mass is 10.2. The van der Waals surface area contributed by atoms with Crippen molar-refractivity contribution in [3.63, 3.8) is 0 Å². The van der Waals surface area contributed by atoms with Crippen LogP contribution in [0, 0.1) is 0 Å². The molecule has 0 spiro atoms. The van der Waals surface area contributed by atoms with Crippen molar-refractivity contribution in [2.45, 2.75) is 13.0 Å². The first-order valence-corrected chi connectivity index (χ1v) is 8.97. The van der Waals surface area contributed by atoms with E-state index in [0.29, 0.717) is 28.2 Å². The number of carbonyl (C=O) groups is 1. The monoisotopic (exact) mass is 419 g/mol. The van der Waals surface area contributed by atoms with Crippen LogP contribution in [0.3, 0.4) is 0 Å². The second-order valence-electron chi connectivity index (χ2n) is 5.10. The molecular weight excluding hydrogens is 406 g/mol. The van der Waals surface area contributed by atoms with Crippen LogP contribution in [0.4, 0.5) is 10.9 Å². The van der Waals surface area contributed by atoms with Gasteiger partial charge in [0.2, 0.25) is 0 Å². The molecule has 2 aromatic heterocycles. The van der Waals surface area contributed by atoms with E-state index in [0.717, 1.165) is 10.0 Å². The van der Waals surface area contributed by atoms with Crippen LogP contribution >= 0.6 is 27.3 Å². The van der Waals surface area contributed by atoms with Crippen LogP contribution < -0.4 is 10.1 Å². The Morgan fingerprint density at radius 2 is 2.04 bits per heavy atom. The molecule has 8 heteroatoms. The Hall–Kier alpha value is -2.45. The number of anilines is 2. The van der Waals surface area contributed by atoms with Crippen LogP contribution in [-0.4, -0.2) is 21.0 Å². The summed E-state index contributed by atoms with van der Waals surface area (Å²) in [4.78, 5) is 19.9. The van der Waals surface area contributed by atoms with Gasteiger partial charge in [0.25, 0.3) is 0 Å². The third kappa shape index (κ3) is 5.01. The quantitative estimate of drug-likeness (QED) is 0.595. The standard InChI is InChI=1S/C17H14BrN3O3S/c18-12-6-14(24-10-11-4-2-1-3-5-11)16(19-8-12)21-17-20-9-13(25-17)7-15(22)23/h1-6,8-9H,7,10H2,(H,22,23)(H,19,20,21). The largest absolute Gasteiger partial charge is 0.485 e. The number of pyridine rings is 1. The molecule has 2 N–H and O–H groups in total. The van der Waals surface area contributed by atoms with Crippen molar-refractivity contribution in [1.82, 2.24) is 9.97 Å². The number of hydrogen-bond acceptors (Lipinski definition) is 6. The Morgan fingerprint density at radius 3 is 2.80 bits per heavy atom. The summed E-state index contributed by atoms with van der Waals surface area (Å²) in [5, 5.41) is 12.5. The molecule has 0 aliphatic heterocycles. The molecule has 6 nitrogen and oxygen atoms in total. The summed E-state index contributed by atoms with van der Waals surface area (Å²) in [6, 6.07) is 11.7. The number of benzene rings is 1. The first-order chi connectivity index (χ1) is 12.1. The number of halogens is 1. The molecular formula is C17H14BrN3O3S. The zero-order valence-electron chi connectivity index (χ0n) is 13.0. The maximum absolute atomic E-state index is 10.8. The Balaban J connectivity index is 1.74. The summed E-state index contributed by atoms with van der Waals surface area (Å²) >= 11 is 4.66. The lowest BCUT2D eigenvalue weighted by molar-refractivity contribution is -0.136. The van der Waals surface area contributed by atoms with Gasteiger partial charge < -0.3 is 15.2 Å². The van der Waals surface area contributed by atoms with E-state index in [1.54, 1.807) is 12.4 Å². The number of carboxylic acids is 1. The van der Waals surface area contributed by atoms with Gasteiger partial charge >= 0.3 is 5.97 Å². The molecule has 0 radical (unpaired) electrons. The molecule has 3 aromatic rings. The average Bonchev–Trinajstić information content (AvgIpc) is 3.02.